The maximum Gasteiger partial charge on any atom is 0.187 e. The highest BCUT2D eigenvalue weighted by atomic mass is 16.8. The van der Waals surface area contributed by atoms with Gasteiger partial charge in [0.15, 0.2) is 25.2 Å². The second-order valence-corrected chi connectivity index (χ2v) is 11.1. The van der Waals surface area contributed by atoms with Crippen molar-refractivity contribution in [1.29, 1.82) is 0 Å². The molecule has 0 aromatic rings. The molecule has 4 heterocycles. The Morgan fingerprint density at radius 2 is 0.933 bits per heavy atom. The first-order chi connectivity index (χ1) is 21.3. The summed E-state index contributed by atoms with van der Waals surface area (Å²) >= 11 is 0. The fraction of sp³-hybridized carbons (Fsp3) is 1.00. The molecule has 4 saturated heterocycles. The first-order valence-corrected chi connectivity index (χ1v) is 14.1. The highest BCUT2D eigenvalue weighted by molar-refractivity contribution is 4.98. The largest absolute Gasteiger partial charge is 0.394 e. The third kappa shape index (κ3) is 7.44. The molecule has 0 aliphatic carbocycles. The van der Waals surface area contributed by atoms with Crippen LogP contribution in [0.15, 0.2) is 0 Å². The molecule has 0 radical (unpaired) electrons. The number of rotatable bonds is 11. The minimum atomic E-state index is -2.05. The summed E-state index contributed by atoms with van der Waals surface area (Å²) in [6.07, 6.45) is -35.8. The Kier molecular flexibility index (Phi) is 12.8. The van der Waals surface area contributed by atoms with E-state index in [0.717, 1.165) is 0 Å². The molecule has 4 fully saturated rings. The van der Waals surface area contributed by atoms with Gasteiger partial charge >= 0.3 is 0 Å². The van der Waals surface area contributed by atoms with Gasteiger partial charge in [-0.15, -0.1) is 0 Å². The number of ether oxygens (including phenoxy) is 7. The topological polar surface area (TPSA) is 348 Å². The standard InChI is InChI=1S/C24H42O21/c25-1-5(29)17-15(36)20(45-22-14(35)12(33)9(30)7(3-27)40-22)24(42-17)43-18-11(32)8(4-28)41-23(16(18)37)44-19-13(34)10(31)6(2-26)39-21(19)38/h5-38H,1-4H2/t5-,6-,7-,8-,9+,10+,11+,12+,13+,14-,15+,16-,17+,18+,19-,20-,21?,22+,23+,24+/m1/s1. The van der Waals surface area contributed by atoms with Crippen LogP contribution >= 0.6 is 0 Å². The molecule has 0 aromatic carbocycles. The zero-order chi connectivity index (χ0) is 33.3. The van der Waals surface area contributed by atoms with Crippen molar-refractivity contribution in [3.05, 3.63) is 0 Å². The van der Waals surface area contributed by atoms with Gasteiger partial charge in [0.05, 0.1) is 26.4 Å². The summed E-state index contributed by atoms with van der Waals surface area (Å²) < 4.78 is 37.9. The van der Waals surface area contributed by atoms with E-state index in [9.17, 15) is 71.5 Å². The van der Waals surface area contributed by atoms with Crippen molar-refractivity contribution in [2.75, 3.05) is 26.4 Å². The van der Waals surface area contributed by atoms with E-state index in [1.54, 1.807) is 0 Å². The van der Waals surface area contributed by atoms with E-state index >= 15 is 0 Å². The predicted octanol–water partition coefficient (Wildman–Crippen LogP) is -9.75. The van der Waals surface area contributed by atoms with Crippen LogP contribution in [0.4, 0.5) is 0 Å². The van der Waals surface area contributed by atoms with Gasteiger partial charge in [0, 0.05) is 0 Å². The van der Waals surface area contributed by atoms with Crippen LogP contribution in [0.25, 0.3) is 0 Å². The zero-order valence-corrected chi connectivity index (χ0v) is 23.5. The van der Waals surface area contributed by atoms with Crippen LogP contribution in [0, 0.1) is 0 Å². The van der Waals surface area contributed by atoms with Crippen molar-refractivity contribution in [3.8, 4) is 0 Å². The molecule has 4 rings (SSSR count). The van der Waals surface area contributed by atoms with Crippen molar-refractivity contribution in [1.82, 2.24) is 0 Å². The molecule has 14 N–H and O–H groups in total. The van der Waals surface area contributed by atoms with Crippen LogP contribution in [-0.2, 0) is 33.2 Å². The Morgan fingerprint density at radius 1 is 0.444 bits per heavy atom. The van der Waals surface area contributed by atoms with Gasteiger partial charge in [0.1, 0.15) is 97.7 Å². The lowest BCUT2D eigenvalue weighted by molar-refractivity contribution is -0.376. The van der Waals surface area contributed by atoms with Crippen LogP contribution in [-0.4, -0.2) is 221 Å². The molecule has 0 amide bonds. The van der Waals surface area contributed by atoms with Gasteiger partial charge in [-0.25, -0.2) is 0 Å². The average molecular weight is 667 g/mol. The Balaban J connectivity index is 1.55. The summed E-state index contributed by atoms with van der Waals surface area (Å²) in [4.78, 5) is 0. The highest BCUT2D eigenvalue weighted by Crippen LogP contribution is 2.35. The Morgan fingerprint density at radius 3 is 1.51 bits per heavy atom. The summed E-state index contributed by atoms with van der Waals surface area (Å²) in [5.74, 6) is 0. The third-order valence-corrected chi connectivity index (χ3v) is 8.19. The second-order valence-electron chi connectivity index (χ2n) is 11.1. The van der Waals surface area contributed by atoms with Crippen molar-refractivity contribution in [3.63, 3.8) is 0 Å². The lowest BCUT2D eigenvalue weighted by Gasteiger charge is -2.46. The molecular weight excluding hydrogens is 624 g/mol. The van der Waals surface area contributed by atoms with Crippen LogP contribution in [0.5, 0.6) is 0 Å². The smallest absolute Gasteiger partial charge is 0.187 e. The molecule has 0 bridgehead atoms. The molecule has 264 valence electrons. The minimum absolute atomic E-state index is 0.773. The fourth-order valence-electron chi connectivity index (χ4n) is 5.53. The van der Waals surface area contributed by atoms with E-state index in [1.807, 2.05) is 0 Å². The summed E-state index contributed by atoms with van der Waals surface area (Å²) in [6.45, 7) is -3.42. The van der Waals surface area contributed by atoms with Crippen molar-refractivity contribution in [2.45, 2.75) is 123 Å². The predicted molar refractivity (Wildman–Crippen MR) is 134 cm³/mol. The van der Waals surface area contributed by atoms with Crippen molar-refractivity contribution < 1.29 is 105 Å². The van der Waals surface area contributed by atoms with E-state index < -0.39 is 149 Å². The van der Waals surface area contributed by atoms with Gasteiger partial charge in [-0.2, -0.15) is 0 Å². The van der Waals surface area contributed by atoms with Gasteiger partial charge < -0.3 is 105 Å². The highest BCUT2D eigenvalue weighted by Gasteiger charge is 2.56. The molecule has 4 aliphatic heterocycles. The van der Waals surface area contributed by atoms with E-state index in [2.05, 4.69) is 0 Å². The quantitative estimate of drug-likeness (QED) is 0.0973. The number of hydrogen-bond acceptors (Lipinski definition) is 21. The molecular formula is C24H42O21. The molecule has 1 unspecified atom stereocenters. The zero-order valence-electron chi connectivity index (χ0n) is 23.5. The molecule has 45 heavy (non-hydrogen) atoms. The van der Waals surface area contributed by atoms with Gasteiger partial charge in [0.25, 0.3) is 0 Å². The number of aliphatic hydroxyl groups excluding tert-OH is 14. The normalized spacial score (nSPS) is 51.7. The van der Waals surface area contributed by atoms with Gasteiger partial charge in [-0.3, -0.25) is 0 Å². The first kappa shape index (κ1) is 37.0. The van der Waals surface area contributed by atoms with Gasteiger partial charge in [-0.05, 0) is 0 Å². The summed E-state index contributed by atoms with van der Waals surface area (Å²) in [5, 5.41) is 142. The molecule has 21 nitrogen and oxygen atoms in total. The second kappa shape index (κ2) is 15.6. The molecule has 0 saturated carbocycles. The van der Waals surface area contributed by atoms with Crippen molar-refractivity contribution in [2.24, 2.45) is 0 Å². The van der Waals surface area contributed by atoms with E-state index in [1.165, 1.54) is 0 Å². The Labute approximate surface area is 254 Å². The van der Waals surface area contributed by atoms with Gasteiger partial charge in [0.2, 0.25) is 0 Å². The Bertz CT molecular complexity index is 916. The maximum absolute atomic E-state index is 11.1. The van der Waals surface area contributed by atoms with Crippen LogP contribution in [0.1, 0.15) is 0 Å². The molecule has 0 spiro atoms. The summed E-state index contributed by atoms with van der Waals surface area (Å²) in [7, 11) is 0. The molecule has 21 heteroatoms. The summed E-state index contributed by atoms with van der Waals surface area (Å²) in [5.41, 5.74) is 0. The summed E-state index contributed by atoms with van der Waals surface area (Å²) in [6, 6.07) is 0. The van der Waals surface area contributed by atoms with Crippen molar-refractivity contribution >= 4 is 0 Å². The average Bonchev–Trinajstić information content (AvgIpc) is 3.33. The maximum atomic E-state index is 11.1. The lowest BCUT2D eigenvalue weighted by atomic mass is 9.97. The SMILES string of the molecule is OC[C@@H](O)[C@@H]1O[C@@H](O[C@H]2[C@@H](O)[C@@H](CO)O[C@@H](O[C@H]3C(O)O[C@H](CO)[C@H](O)[C@@H]3O)[C@@H]2O)[C@H](O[C@@H]2O[C@H](CO)[C@H](O)[C@H](O)[C@H]2O)[C@H]1O. The molecule has 0 aromatic heterocycles. The monoisotopic (exact) mass is 666 g/mol. The van der Waals surface area contributed by atoms with E-state index in [0.29, 0.717) is 0 Å². The molecule has 20 atom stereocenters. The first-order valence-electron chi connectivity index (χ1n) is 14.1. The van der Waals surface area contributed by atoms with Crippen LogP contribution < -0.4 is 0 Å². The van der Waals surface area contributed by atoms with E-state index in [4.69, 9.17) is 33.2 Å². The Hall–Kier alpha value is -0.840. The minimum Gasteiger partial charge on any atom is -0.394 e. The lowest BCUT2D eigenvalue weighted by Crippen LogP contribution is -2.65. The van der Waals surface area contributed by atoms with Crippen LogP contribution in [0.3, 0.4) is 0 Å². The number of hydrogen-bond donors (Lipinski definition) is 14. The third-order valence-electron chi connectivity index (χ3n) is 8.19. The van der Waals surface area contributed by atoms with Gasteiger partial charge in [-0.1, -0.05) is 0 Å². The van der Waals surface area contributed by atoms with Crippen LogP contribution in [0.2, 0.25) is 0 Å². The molecule has 4 aliphatic rings. The van der Waals surface area contributed by atoms with E-state index in [-0.39, 0.29) is 0 Å². The fourth-order valence-corrected chi connectivity index (χ4v) is 5.53. The number of aliphatic hydroxyl groups is 14.